The van der Waals surface area contributed by atoms with Gasteiger partial charge in [-0.25, -0.2) is 4.79 Å². The van der Waals surface area contributed by atoms with Gasteiger partial charge in [-0.1, -0.05) is 19.1 Å². The van der Waals surface area contributed by atoms with Crippen LogP contribution < -0.4 is 21.7 Å². The van der Waals surface area contributed by atoms with Crippen LogP contribution in [0.3, 0.4) is 0 Å². The predicted octanol–water partition coefficient (Wildman–Crippen LogP) is 0.449. The number of nitrogens with two attached hydrogens (primary N) is 1. The van der Waals surface area contributed by atoms with Crippen molar-refractivity contribution in [2.75, 3.05) is 13.1 Å². The van der Waals surface area contributed by atoms with E-state index in [4.69, 9.17) is 5.73 Å². The lowest BCUT2D eigenvalue weighted by molar-refractivity contribution is -0.142. The van der Waals surface area contributed by atoms with Crippen molar-refractivity contribution in [1.82, 2.24) is 16.0 Å². The Morgan fingerprint density at radius 1 is 1.00 bits per heavy atom. The van der Waals surface area contributed by atoms with Crippen LogP contribution in [0.4, 0.5) is 0 Å². The average Bonchev–Trinajstić information content (AvgIpc) is 2.84. The first-order valence-corrected chi connectivity index (χ1v) is 11.7. The van der Waals surface area contributed by atoms with Crippen molar-refractivity contribution in [1.29, 1.82) is 0 Å². The number of carbonyl (C=O) groups is 3. The molecule has 0 radical (unpaired) electrons. The Morgan fingerprint density at radius 2 is 1.55 bits per heavy atom. The number of amides is 2. The number of fused-ring (bicyclic) bond motifs is 5. The van der Waals surface area contributed by atoms with Gasteiger partial charge in [0.05, 0.1) is 12.1 Å². The fourth-order valence-corrected chi connectivity index (χ4v) is 4.15. The molecule has 1 aliphatic rings. The number of hydrogen-bond donors (Lipinski definition) is 8. The monoisotopic (exact) mass is 572 g/mol. The van der Waals surface area contributed by atoms with E-state index in [-0.39, 0.29) is 67.7 Å². The number of phenols is 2. The third-order valence-electron chi connectivity index (χ3n) is 6.13. The minimum Gasteiger partial charge on any atom is -0.508 e. The van der Waals surface area contributed by atoms with Crippen molar-refractivity contribution >= 4 is 42.6 Å². The van der Waals surface area contributed by atoms with Crippen LogP contribution in [0.1, 0.15) is 24.5 Å². The fraction of sp³-hybridized carbons (Fsp3) is 0.400. The Morgan fingerprint density at radius 3 is 2.05 bits per heavy atom. The summed E-state index contributed by atoms with van der Waals surface area (Å²) in [4.78, 5) is 38.2. The topological polar surface area (TPSA) is 194 Å². The maximum absolute atomic E-state index is 13.2. The Labute approximate surface area is 232 Å². The van der Waals surface area contributed by atoms with E-state index in [1.54, 1.807) is 31.2 Å². The molecule has 2 aromatic carbocycles. The standard InChI is InChI=1S/C25H32N4O7.2ClH/c1-2-27-18-9-15-7-13(3-5-21(15)31)14-4-6-22(32)16(8-14)10-20(25(35)36)29-24(34)19(28-23(18)33)11-17(30)12-26;;/h3-8,17-20,27,30-32H,2,9-12,26H2,1H3,(H,28,33)(H,29,34)(H,35,36);2*1H/t17-,18+,19+,20+;;/m1../s1. The first-order valence-electron chi connectivity index (χ1n) is 11.7. The van der Waals surface area contributed by atoms with Crippen molar-refractivity contribution in [3.05, 3.63) is 47.5 Å². The second kappa shape index (κ2) is 14.7. The number of benzene rings is 2. The minimum absolute atomic E-state index is 0. The van der Waals surface area contributed by atoms with Gasteiger partial charge in [0.25, 0.3) is 0 Å². The number of likely N-dealkylation sites (N-methyl/N-ethyl adjacent to an activating group) is 1. The zero-order valence-corrected chi connectivity index (χ0v) is 22.3. The highest BCUT2D eigenvalue weighted by atomic mass is 35.5. The van der Waals surface area contributed by atoms with E-state index < -0.39 is 42.0 Å². The molecule has 9 N–H and O–H groups in total. The molecule has 0 saturated heterocycles. The fourth-order valence-electron chi connectivity index (χ4n) is 4.15. The summed E-state index contributed by atoms with van der Waals surface area (Å²) in [6, 6.07) is 6.07. The van der Waals surface area contributed by atoms with Crippen LogP contribution in [-0.4, -0.2) is 75.5 Å². The van der Waals surface area contributed by atoms with E-state index in [1.165, 1.54) is 12.1 Å². The summed E-state index contributed by atoms with van der Waals surface area (Å²) in [5.74, 6) is -2.87. The maximum Gasteiger partial charge on any atom is 0.326 e. The molecule has 2 amide bonds. The summed E-state index contributed by atoms with van der Waals surface area (Å²) in [7, 11) is 0. The summed E-state index contributed by atoms with van der Waals surface area (Å²) in [6.45, 7) is 2.06. The minimum atomic E-state index is -1.42. The van der Waals surface area contributed by atoms with Gasteiger partial charge in [-0.05, 0) is 53.1 Å². The number of rotatable bonds is 6. The van der Waals surface area contributed by atoms with Crippen molar-refractivity contribution in [2.45, 2.75) is 50.4 Å². The zero-order valence-electron chi connectivity index (χ0n) is 20.7. The summed E-state index contributed by atoms with van der Waals surface area (Å²) >= 11 is 0. The molecule has 13 heteroatoms. The summed E-state index contributed by atoms with van der Waals surface area (Å²) in [6.07, 6.45) is -1.49. The Balaban J connectivity index is 0.00000361. The van der Waals surface area contributed by atoms with Gasteiger partial charge < -0.3 is 42.1 Å². The van der Waals surface area contributed by atoms with Gasteiger partial charge in [-0.15, -0.1) is 24.8 Å². The Kier molecular flexibility index (Phi) is 12.8. The molecule has 3 rings (SSSR count). The molecular formula is C25H34Cl2N4O7. The lowest BCUT2D eigenvalue weighted by Gasteiger charge is -2.25. The number of aliphatic hydroxyl groups excluding tert-OH is 1. The molecule has 0 aromatic heterocycles. The molecule has 210 valence electrons. The van der Waals surface area contributed by atoms with Crippen LogP contribution in [0.2, 0.25) is 0 Å². The zero-order chi connectivity index (χ0) is 26.4. The number of phenolic OH excluding ortho intramolecular Hbond substituents is 2. The number of aromatic hydroxyl groups is 2. The largest absolute Gasteiger partial charge is 0.508 e. The molecule has 11 nitrogen and oxygen atoms in total. The van der Waals surface area contributed by atoms with Crippen molar-refractivity contribution in [2.24, 2.45) is 5.73 Å². The predicted molar refractivity (Wildman–Crippen MR) is 146 cm³/mol. The van der Waals surface area contributed by atoms with Gasteiger partial charge in [0.2, 0.25) is 11.8 Å². The smallest absolute Gasteiger partial charge is 0.326 e. The van der Waals surface area contributed by atoms with E-state index in [2.05, 4.69) is 16.0 Å². The molecule has 0 spiro atoms. The second-order valence-electron chi connectivity index (χ2n) is 8.79. The second-order valence-corrected chi connectivity index (χ2v) is 8.79. The molecule has 0 saturated carbocycles. The van der Waals surface area contributed by atoms with Gasteiger partial charge in [0, 0.05) is 25.8 Å². The molecule has 4 bridgehead atoms. The van der Waals surface area contributed by atoms with Gasteiger partial charge in [-0.3, -0.25) is 9.59 Å². The number of nitrogens with one attached hydrogen (secondary N) is 3. The van der Waals surface area contributed by atoms with E-state index in [9.17, 15) is 34.8 Å². The third-order valence-corrected chi connectivity index (χ3v) is 6.13. The highest BCUT2D eigenvalue weighted by molar-refractivity contribution is 5.92. The van der Waals surface area contributed by atoms with E-state index in [1.807, 2.05) is 0 Å². The molecule has 0 unspecified atom stereocenters. The van der Waals surface area contributed by atoms with Gasteiger partial charge in [-0.2, -0.15) is 0 Å². The number of aliphatic hydroxyl groups is 1. The molecule has 0 fully saturated rings. The summed E-state index contributed by atoms with van der Waals surface area (Å²) in [5.41, 5.74) is 7.60. The number of carbonyl (C=O) groups excluding carboxylic acids is 2. The van der Waals surface area contributed by atoms with Gasteiger partial charge in [0.15, 0.2) is 0 Å². The molecule has 38 heavy (non-hydrogen) atoms. The van der Waals surface area contributed by atoms with Crippen molar-refractivity contribution < 1.29 is 34.8 Å². The van der Waals surface area contributed by atoms with Crippen LogP contribution in [0.15, 0.2) is 36.4 Å². The number of hydrogen-bond acceptors (Lipinski definition) is 8. The van der Waals surface area contributed by atoms with Crippen LogP contribution >= 0.6 is 24.8 Å². The van der Waals surface area contributed by atoms with E-state index in [0.717, 1.165) is 0 Å². The average molecular weight is 573 g/mol. The SMILES string of the molecule is CCN[C@H]1Cc2cc(ccc2O)-c2ccc(O)c(c2)C[C@@H](C(=O)O)NC(=O)[C@H](C[C@@H](O)CN)NC1=O.Cl.Cl. The van der Waals surface area contributed by atoms with Crippen molar-refractivity contribution in [3.8, 4) is 22.6 Å². The Bertz CT molecular complexity index is 1130. The third kappa shape index (κ3) is 8.20. The summed E-state index contributed by atoms with van der Waals surface area (Å²) < 4.78 is 0. The first-order chi connectivity index (χ1) is 17.1. The number of carboxylic acids is 1. The van der Waals surface area contributed by atoms with Crippen LogP contribution in [0, 0.1) is 0 Å². The normalized spacial score (nSPS) is 20.3. The van der Waals surface area contributed by atoms with Crippen molar-refractivity contribution in [3.63, 3.8) is 0 Å². The van der Waals surface area contributed by atoms with E-state index >= 15 is 0 Å². The quantitative estimate of drug-likeness (QED) is 0.242. The van der Waals surface area contributed by atoms with E-state index in [0.29, 0.717) is 23.2 Å². The summed E-state index contributed by atoms with van der Waals surface area (Å²) in [5, 5.41) is 48.7. The molecular weight excluding hydrogens is 539 g/mol. The lowest BCUT2D eigenvalue weighted by atomic mass is 9.95. The molecule has 1 heterocycles. The molecule has 2 aromatic rings. The molecule has 0 aliphatic carbocycles. The maximum atomic E-state index is 13.2. The highest BCUT2D eigenvalue weighted by Crippen LogP contribution is 2.31. The van der Waals surface area contributed by atoms with Crippen LogP contribution in [0.25, 0.3) is 11.1 Å². The highest BCUT2D eigenvalue weighted by Gasteiger charge is 2.31. The number of halogens is 2. The first kappa shape index (κ1) is 32.9. The van der Waals surface area contributed by atoms with Crippen LogP contribution in [-0.2, 0) is 27.2 Å². The van der Waals surface area contributed by atoms with Gasteiger partial charge in [0.1, 0.15) is 23.6 Å². The number of carboxylic acid groups (broad SMARTS) is 1. The lowest BCUT2D eigenvalue weighted by Crippen LogP contribution is -2.57. The molecule has 4 atom stereocenters. The Hall–Kier alpha value is -3.09. The van der Waals surface area contributed by atoms with Crippen LogP contribution in [0.5, 0.6) is 11.5 Å². The number of aliphatic carboxylic acids is 1. The molecule has 1 aliphatic heterocycles. The van der Waals surface area contributed by atoms with Gasteiger partial charge >= 0.3 is 5.97 Å².